The van der Waals surface area contributed by atoms with Gasteiger partial charge >= 0.3 is 5.97 Å². The van der Waals surface area contributed by atoms with E-state index >= 15 is 0 Å². The minimum Gasteiger partial charge on any atom is -0.460 e. The average Bonchev–Trinajstić information content (AvgIpc) is 2.24. The highest BCUT2D eigenvalue weighted by atomic mass is 16.6. The van der Waals surface area contributed by atoms with E-state index in [1.54, 1.807) is 0 Å². The van der Waals surface area contributed by atoms with Gasteiger partial charge in [0.25, 0.3) is 0 Å². The Bertz CT molecular complexity index is 416. The molecule has 1 rings (SSSR count). The first kappa shape index (κ1) is 14.7. The van der Waals surface area contributed by atoms with E-state index in [-0.39, 0.29) is 12.6 Å². The van der Waals surface area contributed by atoms with Crippen LogP contribution in [-0.4, -0.2) is 16.7 Å². The molecule has 0 radical (unpaired) electrons. The second kappa shape index (κ2) is 6.01. The smallest absolute Gasteiger partial charge is 0.306 e. The number of ether oxygens (including phenoxy) is 1. The van der Waals surface area contributed by atoms with Gasteiger partial charge in [-0.25, -0.2) is 0 Å². The Morgan fingerprint density at radius 3 is 2.56 bits per heavy atom. The van der Waals surface area contributed by atoms with Gasteiger partial charge in [0.1, 0.15) is 5.60 Å². The molecule has 0 aliphatic rings. The lowest BCUT2D eigenvalue weighted by atomic mass is 9.99. The predicted octanol–water partition coefficient (Wildman–Crippen LogP) is 2.76. The summed E-state index contributed by atoms with van der Waals surface area (Å²) in [5.41, 5.74) is 2.55. The number of hydrogen-bond acceptors (Lipinski definition) is 3. The molecule has 0 spiro atoms. The largest absolute Gasteiger partial charge is 0.460 e. The molecule has 0 unspecified atom stereocenters. The van der Waals surface area contributed by atoms with Crippen molar-refractivity contribution in [1.29, 1.82) is 0 Å². The van der Waals surface area contributed by atoms with E-state index in [1.165, 1.54) is 0 Å². The van der Waals surface area contributed by atoms with Crippen molar-refractivity contribution in [2.24, 2.45) is 0 Å². The number of rotatable bonds is 4. The third kappa shape index (κ3) is 4.49. The molecule has 0 bridgehead atoms. The summed E-state index contributed by atoms with van der Waals surface area (Å²) in [5, 5.41) is 9.33. The lowest BCUT2D eigenvalue weighted by molar-refractivity contribution is -0.154. The van der Waals surface area contributed by atoms with Crippen LogP contribution in [-0.2, 0) is 22.6 Å². The van der Waals surface area contributed by atoms with E-state index in [2.05, 4.69) is 0 Å². The molecule has 3 heteroatoms. The molecule has 0 aromatic heterocycles. The number of aliphatic hydroxyl groups excluding tert-OH is 1. The number of esters is 1. The van der Waals surface area contributed by atoms with Gasteiger partial charge in [-0.05, 0) is 50.8 Å². The molecule has 3 nitrogen and oxygen atoms in total. The second-order valence-corrected chi connectivity index (χ2v) is 5.46. The van der Waals surface area contributed by atoms with Gasteiger partial charge in [-0.1, -0.05) is 18.2 Å². The fourth-order valence-corrected chi connectivity index (χ4v) is 1.85. The molecule has 0 fully saturated rings. The van der Waals surface area contributed by atoms with Crippen LogP contribution in [0.25, 0.3) is 0 Å². The molecule has 18 heavy (non-hydrogen) atoms. The summed E-state index contributed by atoms with van der Waals surface area (Å²) in [4.78, 5) is 11.6. The molecule has 0 aliphatic heterocycles. The normalized spacial score (nSPS) is 11.4. The van der Waals surface area contributed by atoms with Crippen molar-refractivity contribution in [2.45, 2.75) is 52.7 Å². The van der Waals surface area contributed by atoms with Crippen LogP contribution >= 0.6 is 0 Å². The van der Waals surface area contributed by atoms with Crippen molar-refractivity contribution in [3.8, 4) is 0 Å². The first-order valence-corrected chi connectivity index (χ1v) is 6.23. The van der Waals surface area contributed by atoms with E-state index in [1.807, 2.05) is 45.9 Å². The lowest BCUT2D eigenvalue weighted by Crippen LogP contribution is -2.24. The standard InChI is InChI=1S/C15H22O3/c1-11-6-5-7-12(13(11)10-16)8-9-14(17)18-15(2,3)4/h5-7,16H,8-10H2,1-4H3. The molecule has 0 amide bonds. The zero-order valence-corrected chi connectivity index (χ0v) is 11.6. The molecule has 0 heterocycles. The minimum atomic E-state index is -0.441. The van der Waals surface area contributed by atoms with Crippen LogP contribution in [0.4, 0.5) is 0 Å². The molecular weight excluding hydrogens is 228 g/mol. The maximum absolute atomic E-state index is 11.6. The predicted molar refractivity (Wildman–Crippen MR) is 71.3 cm³/mol. The molecule has 1 aromatic carbocycles. The fraction of sp³-hybridized carbons (Fsp3) is 0.533. The van der Waals surface area contributed by atoms with Crippen LogP contribution in [0.5, 0.6) is 0 Å². The van der Waals surface area contributed by atoms with Gasteiger partial charge in [0, 0.05) is 6.42 Å². The van der Waals surface area contributed by atoms with Crippen molar-refractivity contribution in [1.82, 2.24) is 0 Å². The SMILES string of the molecule is Cc1cccc(CCC(=O)OC(C)(C)C)c1CO. The van der Waals surface area contributed by atoms with Crippen molar-refractivity contribution >= 4 is 5.97 Å². The zero-order chi connectivity index (χ0) is 13.8. The molecule has 0 atom stereocenters. The molecule has 0 saturated carbocycles. The van der Waals surface area contributed by atoms with E-state index in [9.17, 15) is 9.90 Å². The highest BCUT2D eigenvalue weighted by molar-refractivity contribution is 5.70. The Kier molecular flexibility index (Phi) is 4.91. The Labute approximate surface area is 109 Å². The molecule has 0 saturated heterocycles. The summed E-state index contributed by atoms with van der Waals surface area (Å²) in [6, 6.07) is 5.85. The first-order chi connectivity index (χ1) is 8.33. The first-order valence-electron chi connectivity index (χ1n) is 6.23. The van der Waals surface area contributed by atoms with E-state index in [0.29, 0.717) is 12.8 Å². The summed E-state index contributed by atoms with van der Waals surface area (Å²) < 4.78 is 5.26. The molecule has 100 valence electrons. The zero-order valence-electron chi connectivity index (χ0n) is 11.6. The molecule has 1 N–H and O–H groups in total. The number of aryl methyl sites for hydroxylation is 2. The maximum Gasteiger partial charge on any atom is 0.306 e. The topological polar surface area (TPSA) is 46.5 Å². The minimum absolute atomic E-state index is 0.0102. The van der Waals surface area contributed by atoms with Crippen molar-refractivity contribution in [2.75, 3.05) is 0 Å². The van der Waals surface area contributed by atoms with Crippen LogP contribution in [0.2, 0.25) is 0 Å². The Hall–Kier alpha value is -1.35. The van der Waals surface area contributed by atoms with Crippen molar-refractivity contribution in [3.05, 3.63) is 34.9 Å². The Balaban J connectivity index is 2.64. The van der Waals surface area contributed by atoms with Crippen LogP contribution in [0, 0.1) is 6.92 Å². The second-order valence-electron chi connectivity index (χ2n) is 5.46. The summed E-state index contributed by atoms with van der Waals surface area (Å²) in [7, 11) is 0. The van der Waals surface area contributed by atoms with Gasteiger partial charge in [0.2, 0.25) is 0 Å². The maximum atomic E-state index is 11.6. The highest BCUT2D eigenvalue weighted by Crippen LogP contribution is 2.17. The third-order valence-electron chi connectivity index (χ3n) is 2.68. The van der Waals surface area contributed by atoms with E-state index in [4.69, 9.17) is 4.74 Å². The Morgan fingerprint density at radius 2 is 2.00 bits per heavy atom. The van der Waals surface area contributed by atoms with Gasteiger partial charge in [-0.15, -0.1) is 0 Å². The van der Waals surface area contributed by atoms with Gasteiger partial charge in [-0.3, -0.25) is 4.79 Å². The van der Waals surface area contributed by atoms with Crippen LogP contribution in [0.15, 0.2) is 18.2 Å². The number of carbonyl (C=O) groups is 1. The molecule has 1 aromatic rings. The molecular formula is C15H22O3. The van der Waals surface area contributed by atoms with Crippen LogP contribution < -0.4 is 0 Å². The van der Waals surface area contributed by atoms with E-state index in [0.717, 1.165) is 16.7 Å². The summed E-state index contributed by atoms with van der Waals surface area (Å²) in [5.74, 6) is -0.201. The van der Waals surface area contributed by atoms with Crippen molar-refractivity contribution in [3.63, 3.8) is 0 Å². The highest BCUT2D eigenvalue weighted by Gasteiger charge is 2.16. The van der Waals surface area contributed by atoms with Gasteiger partial charge in [0.15, 0.2) is 0 Å². The lowest BCUT2D eigenvalue weighted by Gasteiger charge is -2.19. The fourth-order valence-electron chi connectivity index (χ4n) is 1.85. The summed E-state index contributed by atoms with van der Waals surface area (Å²) in [6.07, 6.45) is 0.945. The number of aliphatic hydroxyl groups is 1. The van der Waals surface area contributed by atoms with Gasteiger partial charge in [-0.2, -0.15) is 0 Å². The van der Waals surface area contributed by atoms with Crippen LogP contribution in [0.1, 0.15) is 43.9 Å². The van der Waals surface area contributed by atoms with Crippen LogP contribution in [0.3, 0.4) is 0 Å². The van der Waals surface area contributed by atoms with E-state index < -0.39 is 5.60 Å². The third-order valence-corrected chi connectivity index (χ3v) is 2.68. The molecule has 0 aliphatic carbocycles. The monoisotopic (exact) mass is 250 g/mol. The summed E-state index contributed by atoms with van der Waals surface area (Å²) >= 11 is 0. The summed E-state index contributed by atoms with van der Waals surface area (Å²) in [6.45, 7) is 7.54. The number of benzene rings is 1. The van der Waals surface area contributed by atoms with Gasteiger partial charge in [0.05, 0.1) is 6.61 Å². The number of carbonyl (C=O) groups excluding carboxylic acids is 1. The quantitative estimate of drug-likeness (QED) is 0.836. The van der Waals surface area contributed by atoms with Gasteiger partial charge < -0.3 is 9.84 Å². The number of hydrogen-bond donors (Lipinski definition) is 1. The Morgan fingerprint density at radius 1 is 1.33 bits per heavy atom. The average molecular weight is 250 g/mol. The van der Waals surface area contributed by atoms with Crippen molar-refractivity contribution < 1.29 is 14.6 Å².